The number of esters is 1. The standard InChI is InChI=1S/C13H21NO2/c1-3-16-13(15)7(2)14-12-10-8-4-5-9(6-8)11(10)12/h7-12,14H,3-6H2,1-2H3. The van der Waals surface area contributed by atoms with Gasteiger partial charge in [0.15, 0.2) is 0 Å². The quantitative estimate of drug-likeness (QED) is 0.735. The summed E-state index contributed by atoms with van der Waals surface area (Å²) in [6.45, 7) is 4.26. The zero-order valence-corrected chi connectivity index (χ0v) is 10.1. The lowest BCUT2D eigenvalue weighted by molar-refractivity contribution is -0.145. The third-order valence-electron chi connectivity index (χ3n) is 4.82. The summed E-state index contributed by atoms with van der Waals surface area (Å²) in [7, 11) is 0. The molecule has 2 bridgehead atoms. The number of hydrogen-bond donors (Lipinski definition) is 1. The molecule has 0 amide bonds. The number of ether oxygens (including phenoxy) is 1. The van der Waals surface area contributed by atoms with Crippen LogP contribution >= 0.6 is 0 Å². The molecule has 0 saturated heterocycles. The van der Waals surface area contributed by atoms with Crippen molar-refractivity contribution in [2.75, 3.05) is 6.61 Å². The molecule has 0 aliphatic heterocycles. The highest BCUT2D eigenvalue weighted by Crippen LogP contribution is 2.65. The van der Waals surface area contributed by atoms with Crippen LogP contribution in [0.15, 0.2) is 0 Å². The molecule has 3 heteroatoms. The van der Waals surface area contributed by atoms with Crippen molar-refractivity contribution in [2.24, 2.45) is 23.7 Å². The van der Waals surface area contributed by atoms with Gasteiger partial charge >= 0.3 is 5.97 Å². The molecule has 0 spiro atoms. The van der Waals surface area contributed by atoms with E-state index in [9.17, 15) is 4.79 Å². The van der Waals surface area contributed by atoms with E-state index in [1.807, 2.05) is 13.8 Å². The Morgan fingerprint density at radius 2 is 2.00 bits per heavy atom. The summed E-state index contributed by atoms with van der Waals surface area (Å²) in [5.41, 5.74) is 0. The molecule has 5 unspecified atom stereocenters. The summed E-state index contributed by atoms with van der Waals surface area (Å²) in [4.78, 5) is 11.5. The summed E-state index contributed by atoms with van der Waals surface area (Å²) in [6.07, 6.45) is 4.32. The Morgan fingerprint density at radius 3 is 2.56 bits per heavy atom. The summed E-state index contributed by atoms with van der Waals surface area (Å²) in [5.74, 6) is 3.59. The number of fused-ring (bicyclic) bond motifs is 5. The molecule has 1 N–H and O–H groups in total. The van der Waals surface area contributed by atoms with Crippen LogP contribution in [0.4, 0.5) is 0 Å². The molecule has 0 aromatic carbocycles. The second-order valence-corrected chi connectivity index (χ2v) is 5.65. The minimum Gasteiger partial charge on any atom is -0.465 e. The first-order chi connectivity index (χ1) is 7.72. The molecular weight excluding hydrogens is 202 g/mol. The van der Waals surface area contributed by atoms with Crippen molar-refractivity contribution >= 4 is 5.97 Å². The van der Waals surface area contributed by atoms with Crippen molar-refractivity contribution in [1.82, 2.24) is 5.32 Å². The fourth-order valence-electron chi connectivity index (χ4n) is 4.17. The Balaban J connectivity index is 1.53. The molecule has 3 saturated carbocycles. The molecule has 0 radical (unpaired) electrons. The van der Waals surface area contributed by atoms with Crippen LogP contribution in [-0.2, 0) is 9.53 Å². The van der Waals surface area contributed by atoms with Gasteiger partial charge < -0.3 is 10.1 Å². The lowest BCUT2D eigenvalue weighted by atomic mass is 10.0. The van der Waals surface area contributed by atoms with E-state index in [0.717, 1.165) is 23.7 Å². The van der Waals surface area contributed by atoms with E-state index in [2.05, 4.69) is 5.32 Å². The molecule has 0 aromatic rings. The first-order valence-corrected chi connectivity index (χ1v) is 6.65. The van der Waals surface area contributed by atoms with Crippen molar-refractivity contribution in [2.45, 2.75) is 45.2 Å². The van der Waals surface area contributed by atoms with E-state index in [1.54, 1.807) is 0 Å². The second-order valence-electron chi connectivity index (χ2n) is 5.65. The number of carbonyl (C=O) groups is 1. The summed E-state index contributed by atoms with van der Waals surface area (Å²) in [5, 5.41) is 3.47. The zero-order valence-electron chi connectivity index (χ0n) is 10.1. The van der Waals surface area contributed by atoms with E-state index in [1.165, 1.54) is 19.3 Å². The van der Waals surface area contributed by atoms with Crippen LogP contribution in [0.25, 0.3) is 0 Å². The molecule has 3 rings (SSSR count). The molecule has 0 aromatic heterocycles. The Morgan fingerprint density at radius 1 is 1.38 bits per heavy atom. The predicted octanol–water partition coefficient (Wildman–Crippen LogP) is 1.57. The van der Waals surface area contributed by atoms with Gasteiger partial charge in [-0.05, 0) is 56.8 Å². The minimum absolute atomic E-state index is 0.0974. The Hall–Kier alpha value is -0.570. The smallest absolute Gasteiger partial charge is 0.322 e. The topological polar surface area (TPSA) is 38.3 Å². The number of nitrogens with one attached hydrogen (secondary N) is 1. The van der Waals surface area contributed by atoms with Gasteiger partial charge in [0.05, 0.1) is 6.61 Å². The van der Waals surface area contributed by atoms with Gasteiger partial charge in [0, 0.05) is 6.04 Å². The van der Waals surface area contributed by atoms with E-state index in [4.69, 9.17) is 4.74 Å². The van der Waals surface area contributed by atoms with Gasteiger partial charge in [-0.1, -0.05) is 0 Å². The monoisotopic (exact) mass is 223 g/mol. The van der Waals surface area contributed by atoms with Crippen LogP contribution < -0.4 is 5.32 Å². The van der Waals surface area contributed by atoms with Crippen LogP contribution in [0, 0.1) is 23.7 Å². The van der Waals surface area contributed by atoms with Gasteiger partial charge in [-0.25, -0.2) is 0 Å². The summed E-state index contributed by atoms with van der Waals surface area (Å²) < 4.78 is 5.02. The van der Waals surface area contributed by atoms with Crippen molar-refractivity contribution in [3.8, 4) is 0 Å². The van der Waals surface area contributed by atoms with Gasteiger partial charge in [0.2, 0.25) is 0 Å². The largest absolute Gasteiger partial charge is 0.465 e. The Bertz CT molecular complexity index is 288. The van der Waals surface area contributed by atoms with Crippen molar-refractivity contribution in [3.05, 3.63) is 0 Å². The second kappa shape index (κ2) is 3.73. The molecule has 5 atom stereocenters. The number of rotatable bonds is 4. The minimum atomic E-state index is -0.130. The maximum absolute atomic E-state index is 11.5. The van der Waals surface area contributed by atoms with E-state index >= 15 is 0 Å². The van der Waals surface area contributed by atoms with Crippen molar-refractivity contribution in [3.63, 3.8) is 0 Å². The third kappa shape index (κ3) is 1.48. The van der Waals surface area contributed by atoms with Gasteiger partial charge in [-0.2, -0.15) is 0 Å². The molecule has 16 heavy (non-hydrogen) atoms. The Kier molecular flexibility index (Phi) is 2.46. The molecule has 3 nitrogen and oxygen atoms in total. The highest BCUT2D eigenvalue weighted by atomic mass is 16.5. The molecule has 3 fully saturated rings. The van der Waals surface area contributed by atoms with Crippen LogP contribution in [0.3, 0.4) is 0 Å². The van der Waals surface area contributed by atoms with Gasteiger partial charge in [-0.3, -0.25) is 4.79 Å². The number of hydrogen-bond acceptors (Lipinski definition) is 3. The molecule has 3 aliphatic rings. The number of carbonyl (C=O) groups excluding carboxylic acids is 1. The summed E-state index contributed by atoms with van der Waals surface area (Å²) >= 11 is 0. The van der Waals surface area contributed by atoms with Gasteiger partial charge in [0.1, 0.15) is 6.04 Å². The van der Waals surface area contributed by atoms with Gasteiger partial charge in [0.25, 0.3) is 0 Å². The van der Waals surface area contributed by atoms with E-state index < -0.39 is 0 Å². The van der Waals surface area contributed by atoms with Gasteiger partial charge in [-0.15, -0.1) is 0 Å². The molecular formula is C13H21NO2. The first-order valence-electron chi connectivity index (χ1n) is 6.65. The lowest BCUT2D eigenvalue weighted by Gasteiger charge is -2.15. The molecule has 0 heterocycles. The maximum atomic E-state index is 11.5. The molecule has 90 valence electrons. The van der Waals surface area contributed by atoms with Crippen LogP contribution in [0.1, 0.15) is 33.1 Å². The SMILES string of the molecule is CCOC(=O)C(C)NC1C2C3CCC(C3)C12. The molecule has 3 aliphatic carbocycles. The maximum Gasteiger partial charge on any atom is 0.322 e. The Labute approximate surface area is 96.9 Å². The fraction of sp³-hybridized carbons (Fsp3) is 0.923. The van der Waals surface area contributed by atoms with E-state index in [0.29, 0.717) is 12.6 Å². The van der Waals surface area contributed by atoms with Crippen LogP contribution in [0.5, 0.6) is 0 Å². The lowest BCUT2D eigenvalue weighted by Crippen LogP contribution is -2.39. The summed E-state index contributed by atoms with van der Waals surface area (Å²) in [6, 6.07) is 0.487. The fourth-order valence-corrected chi connectivity index (χ4v) is 4.17. The van der Waals surface area contributed by atoms with Crippen molar-refractivity contribution in [1.29, 1.82) is 0 Å². The normalized spacial score (nSPS) is 45.2. The third-order valence-corrected chi connectivity index (χ3v) is 4.82. The zero-order chi connectivity index (χ0) is 11.3. The average Bonchev–Trinajstić information content (AvgIpc) is 2.69. The predicted molar refractivity (Wildman–Crippen MR) is 60.8 cm³/mol. The highest BCUT2D eigenvalue weighted by Gasteiger charge is 2.65. The highest BCUT2D eigenvalue weighted by molar-refractivity contribution is 5.75. The first kappa shape index (κ1) is 10.6. The van der Waals surface area contributed by atoms with E-state index in [-0.39, 0.29) is 12.0 Å². The van der Waals surface area contributed by atoms with Crippen LogP contribution in [-0.4, -0.2) is 24.7 Å². The van der Waals surface area contributed by atoms with Crippen LogP contribution in [0.2, 0.25) is 0 Å². The average molecular weight is 223 g/mol. The van der Waals surface area contributed by atoms with Crippen molar-refractivity contribution < 1.29 is 9.53 Å².